The molecule has 2 nitrogen and oxygen atoms in total. The maximum atomic E-state index is 3.60. The first-order valence-corrected chi connectivity index (χ1v) is 6.14. The summed E-state index contributed by atoms with van der Waals surface area (Å²) >= 11 is 0. The summed E-state index contributed by atoms with van der Waals surface area (Å²) in [7, 11) is 0. The quantitative estimate of drug-likeness (QED) is 0.703. The van der Waals surface area contributed by atoms with Crippen LogP contribution in [0.15, 0.2) is 0 Å². The normalized spacial score (nSPS) is 20.6. The molecule has 0 aromatic carbocycles. The molecule has 1 fully saturated rings. The van der Waals surface area contributed by atoms with Crippen molar-refractivity contribution in [1.29, 1.82) is 0 Å². The number of rotatable bonds is 6. The molecule has 0 bridgehead atoms. The lowest BCUT2D eigenvalue weighted by atomic mass is 10.1. The van der Waals surface area contributed by atoms with Crippen molar-refractivity contribution in [3.05, 3.63) is 0 Å². The summed E-state index contributed by atoms with van der Waals surface area (Å²) in [5, 5.41) is 3.60. The molecule has 1 rings (SSSR count). The van der Waals surface area contributed by atoms with Crippen LogP contribution in [0, 0.1) is 5.92 Å². The van der Waals surface area contributed by atoms with E-state index >= 15 is 0 Å². The van der Waals surface area contributed by atoms with Gasteiger partial charge in [0.25, 0.3) is 0 Å². The zero-order chi connectivity index (χ0) is 10.4. The fourth-order valence-electron chi connectivity index (χ4n) is 2.27. The Labute approximate surface area is 89.1 Å². The minimum absolute atomic E-state index is 0.678. The van der Waals surface area contributed by atoms with Crippen LogP contribution in [0.4, 0.5) is 0 Å². The van der Waals surface area contributed by atoms with E-state index in [1.165, 1.54) is 38.9 Å². The molecule has 0 aromatic heterocycles. The van der Waals surface area contributed by atoms with Crippen LogP contribution >= 0.6 is 0 Å². The Morgan fingerprint density at radius 1 is 1.14 bits per heavy atom. The van der Waals surface area contributed by atoms with Gasteiger partial charge in [0.2, 0.25) is 0 Å². The summed E-state index contributed by atoms with van der Waals surface area (Å²) < 4.78 is 0. The van der Waals surface area contributed by atoms with Crippen LogP contribution in [0.5, 0.6) is 0 Å². The van der Waals surface area contributed by atoms with Crippen molar-refractivity contribution in [3.8, 4) is 0 Å². The fourth-order valence-corrected chi connectivity index (χ4v) is 2.27. The lowest BCUT2D eigenvalue weighted by Gasteiger charge is -2.19. The summed E-state index contributed by atoms with van der Waals surface area (Å²) in [5.74, 6) is 0.810. The molecular weight excluding hydrogens is 172 g/mol. The van der Waals surface area contributed by atoms with Crippen molar-refractivity contribution in [3.63, 3.8) is 0 Å². The first-order valence-electron chi connectivity index (χ1n) is 6.14. The maximum absolute atomic E-state index is 3.60. The molecule has 0 radical (unpaired) electrons. The fraction of sp³-hybridized carbons (Fsp3) is 1.00. The Morgan fingerprint density at radius 3 is 2.36 bits per heavy atom. The van der Waals surface area contributed by atoms with Gasteiger partial charge in [0, 0.05) is 19.1 Å². The maximum Gasteiger partial charge on any atom is 0.0107 e. The van der Waals surface area contributed by atoms with Gasteiger partial charge in [0.05, 0.1) is 0 Å². The van der Waals surface area contributed by atoms with Crippen LogP contribution in [0.2, 0.25) is 0 Å². The van der Waals surface area contributed by atoms with Crippen molar-refractivity contribution >= 4 is 0 Å². The van der Waals surface area contributed by atoms with Crippen LogP contribution in [-0.4, -0.2) is 37.1 Å². The molecule has 0 spiro atoms. The third-order valence-electron chi connectivity index (χ3n) is 2.94. The molecule has 1 heterocycles. The summed E-state index contributed by atoms with van der Waals surface area (Å²) in [6.45, 7) is 11.9. The summed E-state index contributed by atoms with van der Waals surface area (Å²) in [6.07, 6.45) is 4.10. The highest BCUT2D eigenvalue weighted by Crippen LogP contribution is 2.06. The van der Waals surface area contributed by atoms with Crippen LogP contribution in [0.3, 0.4) is 0 Å². The first-order chi connectivity index (χ1) is 6.68. The lowest BCUT2D eigenvalue weighted by Crippen LogP contribution is -2.35. The topological polar surface area (TPSA) is 15.3 Å². The van der Waals surface area contributed by atoms with Gasteiger partial charge in [-0.15, -0.1) is 0 Å². The monoisotopic (exact) mass is 198 g/mol. The van der Waals surface area contributed by atoms with E-state index in [-0.39, 0.29) is 0 Å². The predicted octanol–water partition coefficient (Wildman–Crippen LogP) is 2.11. The second-order valence-electron chi connectivity index (χ2n) is 5.03. The Morgan fingerprint density at radius 2 is 1.79 bits per heavy atom. The molecule has 84 valence electrons. The number of likely N-dealkylation sites (tertiary alicyclic amines) is 1. The van der Waals surface area contributed by atoms with Crippen molar-refractivity contribution in [2.45, 2.75) is 46.1 Å². The zero-order valence-electron chi connectivity index (χ0n) is 10.1. The summed E-state index contributed by atoms with van der Waals surface area (Å²) in [4.78, 5) is 2.56. The number of nitrogens with one attached hydrogen (secondary N) is 1. The molecule has 1 aliphatic heterocycles. The zero-order valence-corrected chi connectivity index (χ0v) is 10.1. The molecule has 1 saturated heterocycles. The number of nitrogens with zero attached hydrogens (tertiary/aromatic N) is 1. The van der Waals surface area contributed by atoms with E-state index in [2.05, 4.69) is 31.0 Å². The third-order valence-corrected chi connectivity index (χ3v) is 2.94. The molecule has 0 saturated carbocycles. The van der Waals surface area contributed by atoms with Crippen LogP contribution in [0.25, 0.3) is 0 Å². The molecule has 1 atom stereocenters. The van der Waals surface area contributed by atoms with E-state index < -0.39 is 0 Å². The average Bonchev–Trinajstić information content (AvgIpc) is 2.55. The lowest BCUT2D eigenvalue weighted by molar-refractivity contribution is 0.322. The molecular formula is C12H26N2. The van der Waals surface area contributed by atoms with Crippen LogP contribution in [0.1, 0.15) is 40.0 Å². The average molecular weight is 198 g/mol. The van der Waals surface area contributed by atoms with Gasteiger partial charge in [-0.05, 0) is 45.2 Å². The molecule has 1 unspecified atom stereocenters. The molecule has 1 aliphatic rings. The highest BCUT2D eigenvalue weighted by atomic mass is 15.1. The Kier molecular flexibility index (Phi) is 5.49. The minimum Gasteiger partial charge on any atom is -0.313 e. The number of hydrogen-bond acceptors (Lipinski definition) is 2. The van der Waals surface area contributed by atoms with E-state index in [9.17, 15) is 0 Å². The standard InChI is InChI=1S/C12H26N2/c1-11(2)10-12(3)13-6-9-14-7-4-5-8-14/h11-13H,4-10H2,1-3H3. The first kappa shape index (κ1) is 12.0. The minimum atomic E-state index is 0.678. The van der Waals surface area contributed by atoms with Gasteiger partial charge in [-0.25, -0.2) is 0 Å². The molecule has 0 aromatic rings. The van der Waals surface area contributed by atoms with Gasteiger partial charge in [0.15, 0.2) is 0 Å². The van der Waals surface area contributed by atoms with Crippen molar-refractivity contribution in [2.75, 3.05) is 26.2 Å². The van der Waals surface area contributed by atoms with E-state index in [1.807, 2.05) is 0 Å². The Bertz CT molecular complexity index is 139. The molecule has 0 amide bonds. The Balaban J connectivity index is 1.96. The second kappa shape index (κ2) is 6.41. The van der Waals surface area contributed by atoms with E-state index in [4.69, 9.17) is 0 Å². The van der Waals surface area contributed by atoms with Crippen molar-refractivity contribution < 1.29 is 0 Å². The van der Waals surface area contributed by atoms with E-state index in [0.717, 1.165) is 12.5 Å². The van der Waals surface area contributed by atoms with Crippen LogP contribution < -0.4 is 5.32 Å². The van der Waals surface area contributed by atoms with E-state index in [0.29, 0.717) is 6.04 Å². The van der Waals surface area contributed by atoms with Crippen molar-refractivity contribution in [2.24, 2.45) is 5.92 Å². The largest absolute Gasteiger partial charge is 0.313 e. The Hall–Kier alpha value is -0.0800. The van der Waals surface area contributed by atoms with Crippen molar-refractivity contribution in [1.82, 2.24) is 10.2 Å². The molecule has 1 N–H and O–H groups in total. The highest BCUT2D eigenvalue weighted by Gasteiger charge is 2.11. The highest BCUT2D eigenvalue weighted by molar-refractivity contribution is 4.69. The van der Waals surface area contributed by atoms with Crippen LogP contribution in [-0.2, 0) is 0 Å². The SMILES string of the molecule is CC(C)CC(C)NCCN1CCCC1. The third kappa shape index (κ3) is 4.97. The molecule has 14 heavy (non-hydrogen) atoms. The van der Waals surface area contributed by atoms with Gasteiger partial charge in [0.1, 0.15) is 0 Å². The van der Waals surface area contributed by atoms with Gasteiger partial charge in [-0.3, -0.25) is 0 Å². The second-order valence-corrected chi connectivity index (χ2v) is 5.03. The van der Waals surface area contributed by atoms with Gasteiger partial charge < -0.3 is 10.2 Å². The van der Waals surface area contributed by atoms with Gasteiger partial charge >= 0.3 is 0 Å². The predicted molar refractivity (Wildman–Crippen MR) is 62.6 cm³/mol. The summed E-state index contributed by atoms with van der Waals surface area (Å²) in [5.41, 5.74) is 0. The number of hydrogen-bond donors (Lipinski definition) is 1. The van der Waals surface area contributed by atoms with Gasteiger partial charge in [-0.2, -0.15) is 0 Å². The van der Waals surface area contributed by atoms with Gasteiger partial charge in [-0.1, -0.05) is 13.8 Å². The molecule has 2 heteroatoms. The molecule has 0 aliphatic carbocycles. The summed E-state index contributed by atoms with van der Waals surface area (Å²) in [6, 6.07) is 0.678. The smallest absolute Gasteiger partial charge is 0.0107 e. The van der Waals surface area contributed by atoms with E-state index in [1.54, 1.807) is 0 Å².